The van der Waals surface area contributed by atoms with Crippen LogP contribution in [-0.4, -0.2) is 10.9 Å². The molecule has 2 atom stereocenters. The van der Waals surface area contributed by atoms with Crippen LogP contribution in [0.1, 0.15) is 48.2 Å². The molecular weight excluding hydrogens is 472 g/mol. The Kier molecular flexibility index (Phi) is 7.10. The lowest BCUT2D eigenvalue weighted by Gasteiger charge is -2.26. The van der Waals surface area contributed by atoms with E-state index >= 15 is 0 Å². The van der Waals surface area contributed by atoms with Gasteiger partial charge in [-0.25, -0.2) is 9.48 Å². The molecule has 0 aromatic heterocycles. The molecule has 1 heterocycles. The van der Waals surface area contributed by atoms with Crippen LogP contribution in [-0.2, 0) is 12.8 Å². The monoisotopic (exact) mass is 507 g/mol. The molecular formula is C37H35N2+. The highest BCUT2D eigenvalue weighted by molar-refractivity contribution is 5.90. The Morgan fingerprint density at radius 2 is 1.10 bits per heavy atom. The van der Waals surface area contributed by atoms with Gasteiger partial charge in [-0.05, 0) is 35.6 Å². The van der Waals surface area contributed by atoms with E-state index in [1.165, 1.54) is 44.8 Å². The summed E-state index contributed by atoms with van der Waals surface area (Å²) in [6, 6.07) is 48.6. The number of anilines is 1. The second-order valence-electron chi connectivity index (χ2n) is 10.2. The molecule has 0 radical (unpaired) electrons. The maximum Gasteiger partial charge on any atom is 0.245 e. The van der Waals surface area contributed by atoms with E-state index < -0.39 is 0 Å². The van der Waals surface area contributed by atoms with E-state index in [2.05, 4.69) is 163 Å². The summed E-state index contributed by atoms with van der Waals surface area (Å²) in [6.07, 6.45) is 4.36. The van der Waals surface area contributed by atoms with Gasteiger partial charge < -0.3 is 0 Å². The highest BCUT2D eigenvalue weighted by Gasteiger charge is 2.47. The summed E-state index contributed by atoms with van der Waals surface area (Å²) in [5.41, 5.74) is 10.4. The van der Waals surface area contributed by atoms with Gasteiger partial charge in [0.2, 0.25) is 6.34 Å². The van der Waals surface area contributed by atoms with Gasteiger partial charge in [0.15, 0.2) is 12.1 Å². The molecule has 0 amide bonds. The first-order chi connectivity index (χ1) is 19.3. The van der Waals surface area contributed by atoms with Crippen molar-refractivity contribution in [2.45, 2.75) is 38.8 Å². The minimum Gasteiger partial charge on any atom is -0.221 e. The number of benzene rings is 5. The highest BCUT2D eigenvalue weighted by atomic mass is 15.3. The summed E-state index contributed by atoms with van der Waals surface area (Å²) in [7, 11) is 0. The fraction of sp³-hybridized carbons (Fsp3) is 0.162. The second-order valence-corrected chi connectivity index (χ2v) is 10.2. The molecule has 2 nitrogen and oxygen atoms in total. The van der Waals surface area contributed by atoms with E-state index in [0.717, 1.165) is 12.8 Å². The van der Waals surface area contributed by atoms with E-state index in [4.69, 9.17) is 0 Å². The molecule has 6 rings (SSSR count). The largest absolute Gasteiger partial charge is 0.245 e. The van der Waals surface area contributed by atoms with Crippen LogP contribution in [0, 0.1) is 0 Å². The fourth-order valence-corrected chi connectivity index (χ4v) is 6.08. The molecule has 0 spiro atoms. The average Bonchev–Trinajstić information content (AvgIpc) is 3.42. The van der Waals surface area contributed by atoms with Crippen LogP contribution in [0.2, 0.25) is 0 Å². The van der Waals surface area contributed by atoms with Crippen molar-refractivity contribution < 1.29 is 4.58 Å². The first-order valence-corrected chi connectivity index (χ1v) is 14.1. The first kappa shape index (κ1) is 24.9. The van der Waals surface area contributed by atoms with E-state index in [1.807, 2.05) is 0 Å². The molecule has 192 valence electrons. The Labute approximate surface area is 232 Å². The minimum atomic E-state index is 0.0908. The molecule has 0 aliphatic carbocycles. The van der Waals surface area contributed by atoms with E-state index in [1.54, 1.807) is 0 Å². The molecule has 5 aromatic rings. The summed E-state index contributed by atoms with van der Waals surface area (Å²) in [5, 5.41) is 0. The molecule has 2 heteroatoms. The van der Waals surface area contributed by atoms with Crippen molar-refractivity contribution in [2.75, 3.05) is 4.90 Å². The lowest BCUT2D eigenvalue weighted by molar-refractivity contribution is -0.482. The van der Waals surface area contributed by atoms with Gasteiger partial charge in [-0.1, -0.05) is 141 Å². The Bertz CT molecular complexity index is 1550. The van der Waals surface area contributed by atoms with Crippen molar-refractivity contribution in [1.29, 1.82) is 0 Å². The van der Waals surface area contributed by atoms with Gasteiger partial charge in [-0.15, -0.1) is 0 Å². The van der Waals surface area contributed by atoms with Crippen LogP contribution in [0.25, 0.3) is 11.1 Å². The number of para-hydroxylation sites is 2. The quantitative estimate of drug-likeness (QED) is 0.199. The predicted molar refractivity (Wildman–Crippen MR) is 164 cm³/mol. The summed E-state index contributed by atoms with van der Waals surface area (Å²) >= 11 is 0. The number of aryl methyl sites for hydroxylation is 2. The summed E-state index contributed by atoms with van der Waals surface area (Å²) in [4.78, 5) is 2.52. The van der Waals surface area contributed by atoms with Crippen LogP contribution < -0.4 is 4.90 Å². The Balaban J connectivity index is 1.64. The Morgan fingerprint density at radius 1 is 0.564 bits per heavy atom. The summed E-state index contributed by atoms with van der Waals surface area (Å²) < 4.78 is 2.56. The van der Waals surface area contributed by atoms with E-state index in [-0.39, 0.29) is 12.1 Å². The number of hydrogen-bond acceptors (Lipinski definition) is 1. The smallest absolute Gasteiger partial charge is 0.221 e. The molecule has 39 heavy (non-hydrogen) atoms. The third-order valence-corrected chi connectivity index (χ3v) is 7.92. The molecule has 0 fully saturated rings. The minimum absolute atomic E-state index is 0.0908. The zero-order chi connectivity index (χ0) is 26.6. The molecule has 0 saturated heterocycles. The number of rotatable bonds is 7. The zero-order valence-corrected chi connectivity index (χ0v) is 22.7. The Morgan fingerprint density at radius 3 is 1.72 bits per heavy atom. The van der Waals surface area contributed by atoms with Gasteiger partial charge in [0, 0.05) is 16.7 Å². The molecule has 1 aliphatic heterocycles. The van der Waals surface area contributed by atoms with E-state index in [0.29, 0.717) is 0 Å². The number of nitrogens with zero attached hydrogens (tertiary/aromatic N) is 2. The summed E-state index contributed by atoms with van der Waals surface area (Å²) in [5.74, 6) is 0. The molecule has 1 aliphatic rings. The maximum absolute atomic E-state index is 2.56. The molecule has 5 aromatic carbocycles. The standard InChI is InChI=1S/C37H35N2/c1-3-28-23-16-24-29(4-2)35(28)39-27-38(34-26-15-14-25-33(34)30-17-8-5-9-18-30)36(31-19-10-6-11-20-31)37(39)32-21-12-7-13-22-32/h5-27,36-37H,3-4H2,1-2H3/q+1/t36-,37-/m0/s1. The van der Waals surface area contributed by atoms with E-state index in [9.17, 15) is 0 Å². The van der Waals surface area contributed by atoms with Gasteiger partial charge in [0.05, 0.1) is 0 Å². The van der Waals surface area contributed by atoms with Crippen molar-refractivity contribution in [2.24, 2.45) is 0 Å². The SMILES string of the molecule is CCc1cccc(CC)c1[N+]1=CN(c2ccccc2-c2ccccc2)[C@@H](c2ccccc2)[C@@H]1c1ccccc1. The van der Waals surface area contributed by atoms with Crippen molar-refractivity contribution >= 4 is 17.7 Å². The zero-order valence-electron chi connectivity index (χ0n) is 22.7. The second kappa shape index (κ2) is 11.1. The van der Waals surface area contributed by atoms with Gasteiger partial charge >= 0.3 is 0 Å². The van der Waals surface area contributed by atoms with Crippen LogP contribution in [0.3, 0.4) is 0 Å². The Hall–Kier alpha value is -4.43. The third-order valence-electron chi connectivity index (χ3n) is 7.92. The first-order valence-electron chi connectivity index (χ1n) is 14.1. The summed E-state index contributed by atoms with van der Waals surface area (Å²) in [6.45, 7) is 4.53. The average molecular weight is 508 g/mol. The van der Waals surface area contributed by atoms with Crippen molar-refractivity contribution in [1.82, 2.24) is 0 Å². The molecule has 0 N–H and O–H groups in total. The fourth-order valence-electron chi connectivity index (χ4n) is 6.08. The molecule has 0 saturated carbocycles. The molecule has 0 unspecified atom stereocenters. The third kappa shape index (κ3) is 4.68. The number of hydrogen-bond donors (Lipinski definition) is 0. The topological polar surface area (TPSA) is 6.25 Å². The van der Waals surface area contributed by atoms with Gasteiger partial charge in [-0.2, -0.15) is 0 Å². The normalized spacial score (nSPS) is 16.8. The van der Waals surface area contributed by atoms with Crippen LogP contribution in [0.4, 0.5) is 11.4 Å². The predicted octanol–water partition coefficient (Wildman–Crippen LogP) is 9.15. The van der Waals surface area contributed by atoms with Crippen LogP contribution in [0.15, 0.2) is 133 Å². The lowest BCUT2D eigenvalue weighted by Crippen LogP contribution is -2.26. The van der Waals surface area contributed by atoms with Gasteiger partial charge in [-0.3, -0.25) is 0 Å². The van der Waals surface area contributed by atoms with Crippen molar-refractivity contribution in [3.05, 3.63) is 156 Å². The van der Waals surface area contributed by atoms with Crippen LogP contribution >= 0.6 is 0 Å². The maximum atomic E-state index is 2.56. The van der Waals surface area contributed by atoms with Crippen molar-refractivity contribution in [3.63, 3.8) is 0 Å². The van der Waals surface area contributed by atoms with Gasteiger partial charge in [0.25, 0.3) is 0 Å². The van der Waals surface area contributed by atoms with Gasteiger partial charge in [0.1, 0.15) is 11.4 Å². The highest BCUT2D eigenvalue weighted by Crippen LogP contribution is 2.48. The van der Waals surface area contributed by atoms with Crippen LogP contribution in [0.5, 0.6) is 0 Å². The molecule has 0 bridgehead atoms. The van der Waals surface area contributed by atoms with Crippen molar-refractivity contribution in [3.8, 4) is 11.1 Å². The lowest BCUT2D eigenvalue weighted by atomic mass is 9.91.